The Bertz CT molecular complexity index is 358. The van der Waals surface area contributed by atoms with E-state index in [9.17, 15) is 9.59 Å². The molecule has 0 bridgehead atoms. The first-order valence-corrected chi connectivity index (χ1v) is 7.24. The van der Waals surface area contributed by atoms with Crippen molar-refractivity contribution in [2.24, 2.45) is 11.8 Å². The summed E-state index contributed by atoms with van der Waals surface area (Å²) in [7, 11) is 0. The van der Waals surface area contributed by atoms with E-state index in [4.69, 9.17) is 0 Å². The Morgan fingerprint density at radius 2 is 1.74 bits per heavy atom. The zero-order valence-corrected chi connectivity index (χ0v) is 13.3. The number of nitrogens with zero attached hydrogens (tertiary/aromatic N) is 1. The number of piperazine rings is 1. The summed E-state index contributed by atoms with van der Waals surface area (Å²) in [4.78, 5) is 26.9. The molecule has 0 aromatic carbocycles. The van der Waals surface area contributed by atoms with Crippen LogP contribution in [-0.4, -0.2) is 34.3 Å². The lowest BCUT2D eigenvalue weighted by molar-refractivity contribution is -0.159. The summed E-state index contributed by atoms with van der Waals surface area (Å²) in [6.07, 6.45) is 0.876. The molecule has 1 aliphatic heterocycles. The zero-order chi connectivity index (χ0) is 15.0. The maximum atomic E-state index is 12.7. The SMILES string of the molecule is CCC(C)C1NC(=O)C(C(C)C)N(C(C)(C)C)C1=O. The number of rotatable bonds is 3. The number of nitrogens with one attached hydrogen (secondary N) is 1. The van der Waals surface area contributed by atoms with E-state index < -0.39 is 0 Å². The molecule has 110 valence electrons. The summed E-state index contributed by atoms with van der Waals surface area (Å²) >= 11 is 0. The summed E-state index contributed by atoms with van der Waals surface area (Å²) in [6.45, 7) is 14.0. The minimum Gasteiger partial charge on any atom is -0.342 e. The van der Waals surface area contributed by atoms with Crippen LogP contribution in [0.1, 0.15) is 54.9 Å². The van der Waals surface area contributed by atoms with Crippen molar-refractivity contribution in [3.63, 3.8) is 0 Å². The minimum absolute atomic E-state index is 0.0187. The van der Waals surface area contributed by atoms with Gasteiger partial charge in [0.05, 0.1) is 0 Å². The number of hydrogen-bond donors (Lipinski definition) is 1. The molecule has 0 aliphatic carbocycles. The van der Waals surface area contributed by atoms with Crippen molar-refractivity contribution in [1.82, 2.24) is 10.2 Å². The van der Waals surface area contributed by atoms with Crippen LogP contribution in [0, 0.1) is 11.8 Å². The number of hydrogen-bond acceptors (Lipinski definition) is 2. The van der Waals surface area contributed by atoms with E-state index in [1.54, 1.807) is 4.90 Å². The predicted octanol–water partition coefficient (Wildman–Crippen LogP) is 2.18. The van der Waals surface area contributed by atoms with E-state index in [2.05, 4.69) is 5.32 Å². The highest BCUT2D eigenvalue weighted by molar-refractivity contribution is 5.97. The fourth-order valence-electron chi connectivity index (χ4n) is 2.67. The largest absolute Gasteiger partial charge is 0.342 e. The second-order valence-corrected chi connectivity index (χ2v) is 6.94. The Hall–Kier alpha value is -1.06. The standard InChI is InChI=1S/C15H28N2O2/c1-8-10(4)11-14(19)17(15(5,6)7)12(9(2)3)13(18)16-11/h9-12H,8H2,1-7H3,(H,16,18). The molecule has 2 amide bonds. The van der Waals surface area contributed by atoms with Gasteiger partial charge < -0.3 is 10.2 Å². The van der Waals surface area contributed by atoms with Crippen molar-refractivity contribution in [2.45, 2.75) is 72.5 Å². The minimum atomic E-state index is -0.383. The third-order valence-corrected chi connectivity index (χ3v) is 3.92. The molecule has 1 heterocycles. The third kappa shape index (κ3) is 3.10. The first kappa shape index (κ1) is 16.0. The van der Waals surface area contributed by atoms with Gasteiger partial charge in [-0.2, -0.15) is 0 Å². The summed E-state index contributed by atoms with van der Waals surface area (Å²) in [5.74, 6) is 0.311. The quantitative estimate of drug-likeness (QED) is 0.853. The summed E-state index contributed by atoms with van der Waals surface area (Å²) in [5, 5.41) is 2.92. The third-order valence-electron chi connectivity index (χ3n) is 3.92. The molecule has 3 atom stereocenters. The fraction of sp³-hybridized carbons (Fsp3) is 0.867. The van der Waals surface area contributed by atoms with Crippen LogP contribution >= 0.6 is 0 Å². The van der Waals surface area contributed by atoms with Gasteiger partial charge in [0.2, 0.25) is 11.8 Å². The van der Waals surface area contributed by atoms with E-state index in [0.29, 0.717) is 0 Å². The Morgan fingerprint density at radius 3 is 2.11 bits per heavy atom. The molecule has 1 rings (SSSR count). The molecule has 1 aliphatic rings. The van der Waals surface area contributed by atoms with Crippen LogP contribution in [0.15, 0.2) is 0 Å². The zero-order valence-electron chi connectivity index (χ0n) is 13.3. The van der Waals surface area contributed by atoms with Gasteiger partial charge >= 0.3 is 0 Å². The lowest BCUT2D eigenvalue weighted by atomic mass is 9.87. The van der Waals surface area contributed by atoms with Crippen LogP contribution in [-0.2, 0) is 9.59 Å². The average Bonchev–Trinajstić information content (AvgIpc) is 2.28. The molecule has 1 fully saturated rings. The van der Waals surface area contributed by atoms with Crippen molar-refractivity contribution in [2.75, 3.05) is 0 Å². The molecule has 19 heavy (non-hydrogen) atoms. The Balaban J connectivity index is 3.16. The second kappa shape index (κ2) is 5.51. The first-order valence-electron chi connectivity index (χ1n) is 7.24. The van der Waals surface area contributed by atoms with Gasteiger partial charge in [-0.1, -0.05) is 34.1 Å². The molecule has 3 unspecified atom stereocenters. The van der Waals surface area contributed by atoms with Crippen molar-refractivity contribution in [3.05, 3.63) is 0 Å². The van der Waals surface area contributed by atoms with E-state index in [0.717, 1.165) is 6.42 Å². The van der Waals surface area contributed by atoms with E-state index in [1.165, 1.54) is 0 Å². The molecule has 4 heteroatoms. The van der Waals surface area contributed by atoms with Gasteiger partial charge in [0.15, 0.2) is 0 Å². The van der Waals surface area contributed by atoms with Gasteiger partial charge in [-0.25, -0.2) is 0 Å². The summed E-state index contributed by atoms with van der Waals surface area (Å²) < 4.78 is 0. The molecule has 0 aromatic heterocycles. The Labute approximate surface area is 116 Å². The van der Waals surface area contributed by atoms with Crippen molar-refractivity contribution < 1.29 is 9.59 Å². The van der Waals surface area contributed by atoms with Crippen molar-refractivity contribution in [1.29, 1.82) is 0 Å². The van der Waals surface area contributed by atoms with Gasteiger partial charge in [-0.3, -0.25) is 9.59 Å². The number of carbonyl (C=O) groups excluding carboxylic acids is 2. The molecule has 0 spiro atoms. The lowest BCUT2D eigenvalue weighted by Gasteiger charge is -2.48. The molecule has 4 nitrogen and oxygen atoms in total. The number of amides is 2. The second-order valence-electron chi connectivity index (χ2n) is 6.94. The van der Waals surface area contributed by atoms with Crippen LogP contribution in [0.3, 0.4) is 0 Å². The molecule has 1 saturated heterocycles. The molecular weight excluding hydrogens is 240 g/mol. The maximum Gasteiger partial charge on any atom is 0.246 e. The molecule has 0 saturated carbocycles. The highest BCUT2D eigenvalue weighted by Gasteiger charge is 2.47. The van der Waals surface area contributed by atoms with Gasteiger partial charge in [0.25, 0.3) is 0 Å². The highest BCUT2D eigenvalue weighted by atomic mass is 16.2. The van der Waals surface area contributed by atoms with Crippen LogP contribution in [0.25, 0.3) is 0 Å². The number of carbonyl (C=O) groups is 2. The van der Waals surface area contributed by atoms with Gasteiger partial charge in [0.1, 0.15) is 12.1 Å². The summed E-state index contributed by atoms with van der Waals surface area (Å²) in [6, 6.07) is -0.750. The van der Waals surface area contributed by atoms with Crippen LogP contribution < -0.4 is 5.32 Å². The monoisotopic (exact) mass is 268 g/mol. The Kier molecular flexibility index (Phi) is 4.64. The Morgan fingerprint density at radius 1 is 1.21 bits per heavy atom. The molecule has 0 radical (unpaired) electrons. The first-order chi connectivity index (χ1) is 8.61. The van der Waals surface area contributed by atoms with Gasteiger partial charge in [-0.15, -0.1) is 0 Å². The predicted molar refractivity (Wildman–Crippen MR) is 76.6 cm³/mol. The normalized spacial score (nSPS) is 26.6. The van der Waals surface area contributed by atoms with Crippen LogP contribution in [0.4, 0.5) is 0 Å². The fourth-order valence-corrected chi connectivity index (χ4v) is 2.67. The average molecular weight is 268 g/mol. The van der Waals surface area contributed by atoms with E-state index in [-0.39, 0.29) is 41.3 Å². The van der Waals surface area contributed by atoms with E-state index in [1.807, 2.05) is 48.5 Å². The van der Waals surface area contributed by atoms with E-state index >= 15 is 0 Å². The van der Waals surface area contributed by atoms with Gasteiger partial charge in [0, 0.05) is 5.54 Å². The molecule has 0 aromatic rings. The van der Waals surface area contributed by atoms with Gasteiger partial charge in [-0.05, 0) is 32.6 Å². The summed E-state index contributed by atoms with van der Waals surface area (Å²) in [5.41, 5.74) is -0.338. The maximum absolute atomic E-state index is 12.7. The lowest BCUT2D eigenvalue weighted by Crippen LogP contribution is -2.70. The highest BCUT2D eigenvalue weighted by Crippen LogP contribution is 2.28. The van der Waals surface area contributed by atoms with Crippen molar-refractivity contribution >= 4 is 11.8 Å². The van der Waals surface area contributed by atoms with Crippen molar-refractivity contribution in [3.8, 4) is 0 Å². The van der Waals surface area contributed by atoms with Crippen LogP contribution in [0.2, 0.25) is 0 Å². The topological polar surface area (TPSA) is 49.4 Å². The van der Waals surface area contributed by atoms with Crippen LogP contribution in [0.5, 0.6) is 0 Å². The smallest absolute Gasteiger partial charge is 0.246 e. The molecular formula is C15H28N2O2. The molecule has 1 N–H and O–H groups in total.